The molecule has 0 atom stereocenters. The summed E-state index contributed by atoms with van der Waals surface area (Å²) in [4.78, 5) is 6.73. The molecule has 2 heterocycles. The minimum absolute atomic E-state index is 0.754. The number of fused-ring (bicyclic) bond motifs is 1. The van der Waals surface area contributed by atoms with E-state index in [1.165, 1.54) is 4.70 Å². The first-order chi connectivity index (χ1) is 8.28. The number of benzene rings is 1. The van der Waals surface area contributed by atoms with Crippen molar-refractivity contribution in [1.29, 1.82) is 5.26 Å². The van der Waals surface area contributed by atoms with Crippen molar-refractivity contribution in [3.63, 3.8) is 0 Å². The fraction of sp³-hybridized carbons (Fsp3) is 0.0769. The first-order valence-corrected chi connectivity index (χ1v) is 6.78. The highest BCUT2D eigenvalue weighted by Crippen LogP contribution is 2.35. The van der Waals surface area contributed by atoms with Gasteiger partial charge >= 0.3 is 0 Å². The van der Waals surface area contributed by atoms with Crippen molar-refractivity contribution >= 4 is 32.9 Å². The second kappa shape index (κ2) is 3.95. The zero-order valence-corrected chi connectivity index (χ0v) is 10.7. The molecule has 1 aromatic carbocycles. The molecule has 0 fully saturated rings. The predicted molar refractivity (Wildman–Crippen MR) is 72.4 cm³/mol. The lowest BCUT2D eigenvalue weighted by Crippen LogP contribution is -1.69. The van der Waals surface area contributed by atoms with Gasteiger partial charge in [0, 0.05) is 4.88 Å². The summed E-state index contributed by atoms with van der Waals surface area (Å²) in [6, 6.07) is 12.2. The minimum atomic E-state index is 0.754. The van der Waals surface area contributed by atoms with Gasteiger partial charge in [-0.05, 0) is 25.1 Å². The molecule has 3 aromatic rings. The Labute approximate surface area is 107 Å². The molecule has 0 saturated heterocycles. The third kappa shape index (κ3) is 1.74. The van der Waals surface area contributed by atoms with Crippen LogP contribution in [0, 0.1) is 18.3 Å². The van der Waals surface area contributed by atoms with Crippen molar-refractivity contribution in [2.75, 3.05) is 0 Å². The van der Waals surface area contributed by atoms with Crippen molar-refractivity contribution in [3.8, 4) is 16.0 Å². The quantitative estimate of drug-likeness (QED) is 0.654. The summed E-state index contributed by atoms with van der Waals surface area (Å²) in [5.41, 5.74) is 1.78. The van der Waals surface area contributed by atoms with Crippen LogP contribution in [0.4, 0.5) is 0 Å². The molecule has 0 spiro atoms. The van der Waals surface area contributed by atoms with Gasteiger partial charge in [-0.15, -0.1) is 22.7 Å². The molecule has 82 valence electrons. The second-order valence-corrected chi connectivity index (χ2v) is 5.97. The Hall–Kier alpha value is -1.70. The molecule has 2 nitrogen and oxygen atoms in total. The maximum Gasteiger partial charge on any atom is 0.134 e. The summed E-state index contributed by atoms with van der Waals surface area (Å²) in [5.74, 6) is 0. The standard InChI is InChI=1S/C13H8N2S2/c1-8-9(7-14)6-12(16-8)13-15-10-4-2-3-5-11(10)17-13/h2-6H,1H3. The van der Waals surface area contributed by atoms with Gasteiger partial charge < -0.3 is 0 Å². The van der Waals surface area contributed by atoms with Crippen LogP contribution in [0.5, 0.6) is 0 Å². The third-order valence-electron chi connectivity index (χ3n) is 2.54. The van der Waals surface area contributed by atoms with E-state index in [1.807, 2.05) is 31.2 Å². The molecule has 0 saturated carbocycles. The lowest BCUT2D eigenvalue weighted by molar-refractivity contribution is 1.47. The van der Waals surface area contributed by atoms with Gasteiger partial charge in [0.15, 0.2) is 0 Å². The van der Waals surface area contributed by atoms with Crippen LogP contribution >= 0.6 is 22.7 Å². The first kappa shape index (κ1) is 10.5. The van der Waals surface area contributed by atoms with Gasteiger partial charge in [-0.3, -0.25) is 0 Å². The number of thiophene rings is 1. The summed E-state index contributed by atoms with van der Waals surface area (Å²) in [6.45, 7) is 1.97. The summed E-state index contributed by atoms with van der Waals surface area (Å²) in [5, 5.41) is 9.96. The average molecular weight is 256 g/mol. The number of para-hydroxylation sites is 1. The molecule has 0 aliphatic carbocycles. The molecule has 0 amide bonds. The number of aryl methyl sites for hydroxylation is 1. The van der Waals surface area contributed by atoms with Gasteiger partial charge in [-0.25, -0.2) is 4.98 Å². The molecule has 0 aliphatic rings. The van der Waals surface area contributed by atoms with E-state index in [1.54, 1.807) is 22.7 Å². The zero-order valence-electron chi connectivity index (χ0n) is 9.10. The van der Waals surface area contributed by atoms with Gasteiger partial charge in [-0.2, -0.15) is 5.26 Å². The Morgan fingerprint density at radius 2 is 2.06 bits per heavy atom. The summed E-state index contributed by atoms with van der Waals surface area (Å²) >= 11 is 3.31. The number of hydrogen-bond acceptors (Lipinski definition) is 4. The third-order valence-corrected chi connectivity index (χ3v) is 4.80. The highest BCUT2D eigenvalue weighted by molar-refractivity contribution is 7.25. The van der Waals surface area contributed by atoms with Gasteiger partial charge in [0.25, 0.3) is 0 Å². The molecule has 17 heavy (non-hydrogen) atoms. The molecule has 0 radical (unpaired) electrons. The van der Waals surface area contributed by atoms with E-state index in [9.17, 15) is 0 Å². The monoisotopic (exact) mass is 256 g/mol. The van der Waals surface area contributed by atoms with E-state index in [-0.39, 0.29) is 0 Å². The van der Waals surface area contributed by atoms with Crippen LogP contribution in [-0.2, 0) is 0 Å². The molecular weight excluding hydrogens is 248 g/mol. The van der Waals surface area contributed by atoms with Crippen molar-refractivity contribution in [3.05, 3.63) is 40.8 Å². The van der Waals surface area contributed by atoms with Gasteiger partial charge in [0.2, 0.25) is 0 Å². The number of nitrogens with zero attached hydrogens (tertiary/aromatic N) is 2. The molecule has 2 aromatic heterocycles. The van der Waals surface area contributed by atoms with E-state index < -0.39 is 0 Å². The summed E-state index contributed by atoms with van der Waals surface area (Å²) < 4.78 is 1.19. The lowest BCUT2D eigenvalue weighted by Gasteiger charge is -1.85. The SMILES string of the molecule is Cc1sc(-c2nc3ccccc3s2)cc1C#N. The molecule has 0 N–H and O–H groups in total. The number of nitriles is 1. The van der Waals surface area contributed by atoms with Gasteiger partial charge in [-0.1, -0.05) is 12.1 Å². The molecular formula is C13H8N2S2. The molecule has 0 aliphatic heterocycles. The molecule has 0 bridgehead atoms. The van der Waals surface area contributed by atoms with Crippen molar-refractivity contribution in [2.45, 2.75) is 6.92 Å². The fourth-order valence-electron chi connectivity index (χ4n) is 1.68. The van der Waals surface area contributed by atoms with Crippen molar-refractivity contribution in [2.24, 2.45) is 0 Å². The number of aromatic nitrogens is 1. The van der Waals surface area contributed by atoms with Crippen molar-refractivity contribution in [1.82, 2.24) is 4.98 Å². The summed E-state index contributed by atoms with van der Waals surface area (Å²) in [6.07, 6.45) is 0. The number of rotatable bonds is 1. The van der Waals surface area contributed by atoms with E-state index >= 15 is 0 Å². The predicted octanol–water partition coefficient (Wildman–Crippen LogP) is 4.20. The number of thiazole rings is 1. The minimum Gasteiger partial charge on any atom is -0.235 e. The van der Waals surface area contributed by atoms with Crippen LogP contribution in [0.25, 0.3) is 20.1 Å². The Morgan fingerprint density at radius 1 is 1.24 bits per heavy atom. The highest BCUT2D eigenvalue weighted by Gasteiger charge is 2.11. The molecule has 4 heteroatoms. The average Bonchev–Trinajstić information content (AvgIpc) is 2.91. The topological polar surface area (TPSA) is 36.7 Å². The van der Waals surface area contributed by atoms with Gasteiger partial charge in [0.05, 0.1) is 20.7 Å². The van der Waals surface area contributed by atoms with Crippen LogP contribution < -0.4 is 0 Å². The maximum atomic E-state index is 8.96. The van der Waals surface area contributed by atoms with Crippen LogP contribution in [0.3, 0.4) is 0 Å². The fourth-order valence-corrected chi connectivity index (χ4v) is 3.66. The molecule has 3 rings (SSSR count). The van der Waals surface area contributed by atoms with Crippen LogP contribution in [0.15, 0.2) is 30.3 Å². The first-order valence-electron chi connectivity index (χ1n) is 5.14. The van der Waals surface area contributed by atoms with E-state index in [0.717, 1.165) is 25.8 Å². The van der Waals surface area contributed by atoms with Crippen LogP contribution in [0.1, 0.15) is 10.4 Å². The Kier molecular flexibility index (Phi) is 2.43. The smallest absolute Gasteiger partial charge is 0.134 e. The summed E-state index contributed by atoms with van der Waals surface area (Å²) in [7, 11) is 0. The molecule has 0 unspecified atom stereocenters. The van der Waals surface area contributed by atoms with E-state index in [4.69, 9.17) is 5.26 Å². The van der Waals surface area contributed by atoms with Crippen molar-refractivity contribution < 1.29 is 0 Å². The largest absolute Gasteiger partial charge is 0.235 e. The Bertz CT molecular complexity index is 698. The number of hydrogen-bond donors (Lipinski definition) is 0. The maximum absolute atomic E-state index is 8.96. The normalized spacial score (nSPS) is 10.6. The lowest BCUT2D eigenvalue weighted by atomic mass is 10.3. The van der Waals surface area contributed by atoms with Crippen LogP contribution in [-0.4, -0.2) is 4.98 Å². The highest BCUT2D eigenvalue weighted by atomic mass is 32.1. The Balaban J connectivity index is 2.17. The second-order valence-electron chi connectivity index (χ2n) is 3.68. The Morgan fingerprint density at radius 3 is 2.76 bits per heavy atom. The zero-order chi connectivity index (χ0) is 11.8. The van der Waals surface area contributed by atoms with E-state index in [2.05, 4.69) is 17.1 Å². The van der Waals surface area contributed by atoms with E-state index in [0.29, 0.717) is 0 Å². The van der Waals surface area contributed by atoms with Gasteiger partial charge in [0.1, 0.15) is 11.1 Å². The van der Waals surface area contributed by atoms with Crippen LogP contribution in [0.2, 0.25) is 0 Å².